The van der Waals surface area contributed by atoms with Crippen molar-refractivity contribution in [2.24, 2.45) is 0 Å². The molecule has 19 heavy (non-hydrogen) atoms. The summed E-state index contributed by atoms with van der Waals surface area (Å²) >= 11 is 0. The number of rotatable bonds is 2. The van der Waals surface area contributed by atoms with Crippen LogP contribution in [0.4, 0.5) is 5.69 Å². The minimum absolute atomic E-state index is 0.0833. The molecule has 2 rings (SSSR count). The average molecular weight is 283 g/mol. The maximum absolute atomic E-state index is 11.6. The topological polar surface area (TPSA) is 74.7 Å². The Labute approximate surface area is 112 Å². The number of anilines is 1. The molecule has 1 aliphatic heterocycles. The van der Waals surface area contributed by atoms with Crippen molar-refractivity contribution in [3.63, 3.8) is 0 Å². The third-order valence-electron chi connectivity index (χ3n) is 3.28. The molecule has 0 spiro atoms. The molecular formula is C13H17NO4S. The predicted molar refractivity (Wildman–Crippen MR) is 73.6 cm³/mol. The summed E-state index contributed by atoms with van der Waals surface area (Å²) in [6.45, 7) is 2.82. The lowest BCUT2D eigenvalue weighted by molar-refractivity contribution is 0.0697. The Kier molecular flexibility index (Phi) is 3.80. The van der Waals surface area contributed by atoms with E-state index in [2.05, 4.69) is 0 Å². The van der Waals surface area contributed by atoms with E-state index in [0.29, 0.717) is 25.2 Å². The molecule has 0 unspecified atom stereocenters. The van der Waals surface area contributed by atoms with Gasteiger partial charge >= 0.3 is 5.97 Å². The van der Waals surface area contributed by atoms with E-state index < -0.39 is 15.8 Å². The first kappa shape index (κ1) is 13.9. The molecule has 5 nitrogen and oxygen atoms in total. The molecule has 0 radical (unpaired) electrons. The van der Waals surface area contributed by atoms with E-state index >= 15 is 0 Å². The predicted octanol–water partition coefficient (Wildman–Crippen LogP) is 1.32. The third kappa shape index (κ3) is 3.26. The monoisotopic (exact) mass is 283 g/mol. The van der Waals surface area contributed by atoms with Gasteiger partial charge in [-0.2, -0.15) is 0 Å². The van der Waals surface area contributed by atoms with Gasteiger partial charge in [0.25, 0.3) is 0 Å². The first-order valence-electron chi connectivity index (χ1n) is 6.18. The zero-order valence-corrected chi connectivity index (χ0v) is 11.6. The van der Waals surface area contributed by atoms with Gasteiger partial charge in [0.1, 0.15) is 0 Å². The summed E-state index contributed by atoms with van der Waals surface area (Å²) in [5.74, 6) is -0.723. The number of sulfone groups is 1. The maximum Gasteiger partial charge on any atom is 0.337 e. The Morgan fingerprint density at radius 1 is 1.26 bits per heavy atom. The summed E-state index contributed by atoms with van der Waals surface area (Å²) in [5, 5.41) is 9.22. The van der Waals surface area contributed by atoms with Crippen LogP contribution in [0.2, 0.25) is 0 Å². The van der Waals surface area contributed by atoms with E-state index in [1.807, 2.05) is 11.8 Å². The van der Waals surface area contributed by atoms with Crippen LogP contribution in [-0.4, -0.2) is 44.1 Å². The second kappa shape index (κ2) is 5.21. The van der Waals surface area contributed by atoms with E-state index in [0.717, 1.165) is 5.56 Å². The van der Waals surface area contributed by atoms with Crippen LogP contribution in [0.3, 0.4) is 0 Å². The molecule has 6 heteroatoms. The zero-order chi connectivity index (χ0) is 14.0. The minimum atomic E-state index is -2.99. The number of carboxylic acids is 1. The fraction of sp³-hybridized carbons (Fsp3) is 0.462. The molecule has 1 aliphatic rings. The lowest BCUT2D eigenvalue weighted by Gasteiger charge is -2.24. The first-order chi connectivity index (χ1) is 8.89. The molecule has 1 aromatic rings. The molecular weight excluding hydrogens is 266 g/mol. The molecule has 1 aromatic carbocycles. The van der Waals surface area contributed by atoms with E-state index in [9.17, 15) is 18.3 Å². The van der Waals surface area contributed by atoms with Crippen molar-refractivity contribution >= 4 is 21.5 Å². The fourth-order valence-corrected chi connectivity index (χ4v) is 3.54. The Balaban J connectivity index is 2.35. The van der Waals surface area contributed by atoms with Crippen molar-refractivity contribution < 1.29 is 18.3 Å². The second-order valence-corrected chi connectivity index (χ2v) is 7.12. The summed E-state index contributed by atoms with van der Waals surface area (Å²) in [6.07, 6.45) is 0.537. The largest absolute Gasteiger partial charge is 0.478 e. The molecule has 0 saturated carbocycles. The van der Waals surface area contributed by atoms with Gasteiger partial charge in [-0.3, -0.25) is 0 Å². The van der Waals surface area contributed by atoms with Crippen molar-refractivity contribution in [2.75, 3.05) is 29.5 Å². The van der Waals surface area contributed by atoms with Crippen LogP contribution in [0.1, 0.15) is 22.3 Å². The van der Waals surface area contributed by atoms with Crippen LogP contribution in [0.5, 0.6) is 0 Å². The Morgan fingerprint density at radius 2 is 2.00 bits per heavy atom. The Morgan fingerprint density at radius 3 is 2.68 bits per heavy atom. The lowest BCUT2D eigenvalue weighted by Crippen LogP contribution is -2.28. The maximum atomic E-state index is 11.6. The van der Waals surface area contributed by atoms with E-state index in [4.69, 9.17) is 0 Å². The van der Waals surface area contributed by atoms with Gasteiger partial charge in [0.2, 0.25) is 0 Å². The van der Waals surface area contributed by atoms with Crippen LogP contribution in [0.15, 0.2) is 18.2 Å². The van der Waals surface area contributed by atoms with Crippen molar-refractivity contribution in [2.45, 2.75) is 13.3 Å². The average Bonchev–Trinajstić information content (AvgIpc) is 2.49. The number of hydrogen-bond acceptors (Lipinski definition) is 4. The number of benzene rings is 1. The van der Waals surface area contributed by atoms with Gasteiger partial charge < -0.3 is 10.0 Å². The van der Waals surface area contributed by atoms with Gasteiger partial charge in [-0.1, -0.05) is 6.07 Å². The standard InChI is InChI=1S/C13H17NO4S/c1-10-3-4-11(13(15)16)12(9-10)14-5-2-7-19(17,18)8-6-14/h3-4,9H,2,5-8H2,1H3,(H,15,16). The Hall–Kier alpha value is -1.56. The molecule has 1 heterocycles. The van der Waals surface area contributed by atoms with Crippen LogP contribution >= 0.6 is 0 Å². The number of aryl methyl sites for hydroxylation is 1. The van der Waals surface area contributed by atoms with Gasteiger partial charge in [0.15, 0.2) is 9.84 Å². The normalized spacial score (nSPS) is 18.9. The lowest BCUT2D eigenvalue weighted by atomic mass is 10.1. The molecule has 0 amide bonds. The van der Waals surface area contributed by atoms with Crippen molar-refractivity contribution in [3.05, 3.63) is 29.3 Å². The van der Waals surface area contributed by atoms with Crippen LogP contribution in [-0.2, 0) is 9.84 Å². The summed E-state index contributed by atoms with van der Waals surface area (Å²) in [6, 6.07) is 5.13. The van der Waals surface area contributed by atoms with Crippen molar-refractivity contribution in [3.8, 4) is 0 Å². The van der Waals surface area contributed by atoms with Crippen LogP contribution < -0.4 is 4.90 Å². The highest BCUT2D eigenvalue weighted by Gasteiger charge is 2.22. The molecule has 104 valence electrons. The number of carbonyl (C=O) groups is 1. The Bertz CT molecular complexity index is 595. The quantitative estimate of drug-likeness (QED) is 0.886. The summed E-state index contributed by atoms with van der Waals surface area (Å²) < 4.78 is 23.2. The van der Waals surface area contributed by atoms with Crippen LogP contribution in [0, 0.1) is 6.92 Å². The van der Waals surface area contributed by atoms with Gasteiger partial charge in [0.05, 0.1) is 22.8 Å². The van der Waals surface area contributed by atoms with Crippen LogP contribution in [0.25, 0.3) is 0 Å². The smallest absolute Gasteiger partial charge is 0.337 e. The number of nitrogens with zero attached hydrogens (tertiary/aromatic N) is 1. The number of aromatic carboxylic acids is 1. The second-order valence-electron chi connectivity index (χ2n) is 4.82. The zero-order valence-electron chi connectivity index (χ0n) is 10.8. The highest BCUT2D eigenvalue weighted by molar-refractivity contribution is 7.91. The molecule has 0 atom stereocenters. The molecule has 0 aromatic heterocycles. The molecule has 0 aliphatic carbocycles. The van der Waals surface area contributed by atoms with E-state index in [1.54, 1.807) is 18.2 Å². The van der Waals surface area contributed by atoms with Gasteiger partial charge in [0, 0.05) is 13.1 Å². The highest BCUT2D eigenvalue weighted by Crippen LogP contribution is 2.24. The van der Waals surface area contributed by atoms with Gasteiger partial charge in [-0.05, 0) is 31.0 Å². The summed E-state index contributed by atoms with van der Waals surface area (Å²) in [4.78, 5) is 13.1. The molecule has 1 saturated heterocycles. The number of carboxylic acid groups (broad SMARTS) is 1. The van der Waals surface area contributed by atoms with E-state index in [1.165, 1.54) is 0 Å². The van der Waals surface area contributed by atoms with E-state index in [-0.39, 0.29) is 17.1 Å². The summed E-state index contributed by atoms with van der Waals surface area (Å²) in [5.41, 5.74) is 1.81. The van der Waals surface area contributed by atoms with Crippen molar-refractivity contribution in [1.29, 1.82) is 0 Å². The third-order valence-corrected chi connectivity index (χ3v) is 5.00. The van der Waals surface area contributed by atoms with Crippen molar-refractivity contribution in [1.82, 2.24) is 0 Å². The fourth-order valence-electron chi connectivity index (χ4n) is 2.26. The minimum Gasteiger partial charge on any atom is -0.478 e. The number of hydrogen-bond donors (Lipinski definition) is 1. The van der Waals surface area contributed by atoms with Gasteiger partial charge in [-0.15, -0.1) is 0 Å². The summed E-state index contributed by atoms with van der Waals surface area (Å²) in [7, 11) is -2.99. The molecule has 0 bridgehead atoms. The molecule has 1 fully saturated rings. The van der Waals surface area contributed by atoms with Gasteiger partial charge in [-0.25, -0.2) is 13.2 Å². The highest BCUT2D eigenvalue weighted by atomic mass is 32.2. The SMILES string of the molecule is Cc1ccc(C(=O)O)c(N2CCCS(=O)(=O)CC2)c1. The first-order valence-corrected chi connectivity index (χ1v) is 8.00. The molecule has 1 N–H and O–H groups in total.